The van der Waals surface area contributed by atoms with Crippen molar-refractivity contribution in [3.63, 3.8) is 0 Å². The third-order valence-electron chi connectivity index (χ3n) is 3.13. The monoisotopic (exact) mass is 288 g/mol. The van der Waals surface area contributed by atoms with Gasteiger partial charge in [0, 0.05) is 11.6 Å². The molecule has 1 atom stereocenters. The van der Waals surface area contributed by atoms with Gasteiger partial charge in [-0.05, 0) is 37.1 Å². The highest BCUT2D eigenvalue weighted by atomic mass is 32.2. The largest absolute Gasteiger partial charge is 0.256 e. The Morgan fingerprint density at radius 1 is 1.40 bits per heavy atom. The fourth-order valence-electron chi connectivity index (χ4n) is 2.01. The number of hydrogen-bond acceptors (Lipinski definition) is 3. The van der Waals surface area contributed by atoms with Crippen LogP contribution in [0.25, 0.3) is 10.9 Å². The van der Waals surface area contributed by atoms with Crippen LogP contribution < -0.4 is 4.72 Å². The van der Waals surface area contributed by atoms with Crippen LogP contribution in [-0.2, 0) is 10.0 Å². The number of aryl methyl sites for hydroxylation is 1. The molecule has 1 N–H and O–H groups in total. The molecule has 20 heavy (non-hydrogen) atoms. The lowest BCUT2D eigenvalue weighted by atomic mass is 10.1. The molecule has 0 radical (unpaired) electrons. The fourth-order valence-corrected chi connectivity index (χ4v) is 3.45. The standard InChI is InChI=1S/C15H16N2O2S/c1-4-12(5-2)17-20(18,19)14-9-8-11(3)15-13(14)7-6-10-16-15/h1,6-10,12,17H,5H2,2-3H3. The number of nitrogens with zero attached hydrogens (tertiary/aromatic N) is 1. The van der Waals surface area contributed by atoms with Gasteiger partial charge >= 0.3 is 0 Å². The van der Waals surface area contributed by atoms with Crippen LogP contribution in [0, 0.1) is 19.3 Å². The van der Waals surface area contributed by atoms with Crippen molar-refractivity contribution in [3.05, 3.63) is 36.0 Å². The molecule has 5 heteroatoms. The predicted octanol–water partition coefficient (Wildman–Crippen LogP) is 2.23. The van der Waals surface area contributed by atoms with Crippen LogP contribution in [0.1, 0.15) is 18.9 Å². The van der Waals surface area contributed by atoms with Crippen LogP contribution in [-0.4, -0.2) is 19.4 Å². The van der Waals surface area contributed by atoms with E-state index in [1.807, 2.05) is 13.8 Å². The van der Waals surface area contributed by atoms with E-state index in [4.69, 9.17) is 6.42 Å². The van der Waals surface area contributed by atoms with Crippen molar-refractivity contribution in [1.82, 2.24) is 9.71 Å². The maximum atomic E-state index is 12.5. The van der Waals surface area contributed by atoms with Crippen molar-refractivity contribution < 1.29 is 8.42 Å². The summed E-state index contributed by atoms with van der Waals surface area (Å²) in [7, 11) is -3.66. The van der Waals surface area contributed by atoms with Crippen molar-refractivity contribution in [2.24, 2.45) is 0 Å². The van der Waals surface area contributed by atoms with Gasteiger partial charge in [0.1, 0.15) is 0 Å². The van der Waals surface area contributed by atoms with Gasteiger partial charge in [-0.2, -0.15) is 4.72 Å². The summed E-state index contributed by atoms with van der Waals surface area (Å²) < 4.78 is 27.4. The molecular formula is C15H16N2O2S. The van der Waals surface area contributed by atoms with Gasteiger partial charge in [-0.3, -0.25) is 4.98 Å². The Labute approximate surface area is 119 Å². The number of aromatic nitrogens is 1. The summed E-state index contributed by atoms with van der Waals surface area (Å²) in [6.07, 6.45) is 7.50. The van der Waals surface area contributed by atoms with Gasteiger partial charge in [0.2, 0.25) is 10.0 Å². The Morgan fingerprint density at radius 3 is 2.80 bits per heavy atom. The first-order valence-electron chi connectivity index (χ1n) is 6.32. The minimum Gasteiger partial charge on any atom is -0.256 e. The van der Waals surface area contributed by atoms with E-state index in [0.29, 0.717) is 17.3 Å². The number of pyridine rings is 1. The molecule has 104 valence electrons. The lowest BCUT2D eigenvalue weighted by molar-refractivity contribution is 0.571. The van der Waals surface area contributed by atoms with Crippen LogP contribution in [0.2, 0.25) is 0 Å². The Morgan fingerprint density at radius 2 is 2.15 bits per heavy atom. The van der Waals surface area contributed by atoms with E-state index in [0.717, 1.165) is 5.56 Å². The molecule has 4 nitrogen and oxygen atoms in total. The number of sulfonamides is 1. The average Bonchev–Trinajstić information content (AvgIpc) is 2.45. The molecule has 1 unspecified atom stereocenters. The van der Waals surface area contributed by atoms with Crippen molar-refractivity contribution in [3.8, 4) is 12.3 Å². The Bertz CT molecular complexity index is 776. The van der Waals surface area contributed by atoms with Crippen molar-refractivity contribution >= 4 is 20.9 Å². The highest BCUT2D eigenvalue weighted by Crippen LogP contribution is 2.24. The number of hydrogen-bond donors (Lipinski definition) is 1. The Balaban J connectivity index is 2.59. The van der Waals surface area contributed by atoms with Crippen molar-refractivity contribution in [2.45, 2.75) is 31.2 Å². The molecule has 1 heterocycles. The summed E-state index contributed by atoms with van der Waals surface area (Å²) in [5.41, 5.74) is 1.62. The molecule has 0 amide bonds. The Kier molecular flexibility index (Phi) is 4.07. The van der Waals surface area contributed by atoms with E-state index in [1.54, 1.807) is 30.5 Å². The number of nitrogens with one attached hydrogen (secondary N) is 1. The molecule has 0 aliphatic carbocycles. The lowest BCUT2D eigenvalue weighted by Crippen LogP contribution is -2.33. The second-order valence-corrected chi connectivity index (χ2v) is 6.21. The highest BCUT2D eigenvalue weighted by Gasteiger charge is 2.20. The second-order valence-electron chi connectivity index (χ2n) is 4.53. The smallest absolute Gasteiger partial charge is 0.242 e. The first kappa shape index (κ1) is 14.5. The van der Waals surface area contributed by atoms with Crippen molar-refractivity contribution in [2.75, 3.05) is 0 Å². The zero-order chi connectivity index (χ0) is 14.8. The summed E-state index contributed by atoms with van der Waals surface area (Å²) >= 11 is 0. The average molecular weight is 288 g/mol. The van der Waals surface area contributed by atoms with Crippen molar-refractivity contribution in [1.29, 1.82) is 0 Å². The molecular weight excluding hydrogens is 272 g/mol. The SMILES string of the molecule is C#CC(CC)NS(=O)(=O)c1ccc(C)c2ncccc12. The molecule has 0 saturated heterocycles. The first-order chi connectivity index (χ1) is 9.49. The Hall–Kier alpha value is -1.90. The minimum absolute atomic E-state index is 0.208. The van der Waals surface area contributed by atoms with Gasteiger partial charge in [0.15, 0.2) is 0 Å². The summed E-state index contributed by atoms with van der Waals surface area (Å²) in [6, 6.07) is 6.30. The van der Waals surface area contributed by atoms with Crippen LogP contribution in [0.5, 0.6) is 0 Å². The third-order valence-corrected chi connectivity index (χ3v) is 4.66. The van der Waals surface area contributed by atoms with E-state index in [1.165, 1.54) is 0 Å². The minimum atomic E-state index is -3.66. The predicted molar refractivity (Wildman–Crippen MR) is 79.7 cm³/mol. The maximum Gasteiger partial charge on any atom is 0.242 e. The van der Waals surface area contributed by atoms with E-state index in [2.05, 4.69) is 15.6 Å². The van der Waals surface area contributed by atoms with Gasteiger partial charge in [0.05, 0.1) is 16.5 Å². The third kappa shape index (κ3) is 2.67. The summed E-state index contributed by atoms with van der Waals surface area (Å²) in [4.78, 5) is 4.45. The first-order valence-corrected chi connectivity index (χ1v) is 7.80. The van der Waals surface area contributed by atoms with Gasteiger partial charge in [-0.15, -0.1) is 6.42 Å². The zero-order valence-corrected chi connectivity index (χ0v) is 12.2. The van der Waals surface area contributed by atoms with Gasteiger partial charge in [0.25, 0.3) is 0 Å². The maximum absolute atomic E-state index is 12.5. The van der Waals surface area contributed by atoms with E-state index >= 15 is 0 Å². The molecule has 0 aliphatic heterocycles. The van der Waals surface area contributed by atoms with Crippen LogP contribution in [0.3, 0.4) is 0 Å². The lowest BCUT2D eigenvalue weighted by Gasteiger charge is -2.13. The van der Waals surface area contributed by atoms with Crippen LogP contribution in [0.4, 0.5) is 0 Å². The van der Waals surface area contributed by atoms with E-state index in [9.17, 15) is 8.42 Å². The topological polar surface area (TPSA) is 59.1 Å². The quantitative estimate of drug-likeness (QED) is 0.878. The highest BCUT2D eigenvalue weighted by molar-refractivity contribution is 7.89. The normalized spacial score (nSPS) is 13.1. The van der Waals surface area contributed by atoms with Gasteiger partial charge < -0.3 is 0 Å². The van der Waals surface area contributed by atoms with Gasteiger partial charge in [-0.25, -0.2) is 8.42 Å². The summed E-state index contributed by atoms with van der Waals surface area (Å²) in [5, 5.41) is 0.604. The van der Waals surface area contributed by atoms with Crippen LogP contribution >= 0.6 is 0 Å². The number of terminal acetylenes is 1. The molecule has 2 rings (SSSR count). The van der Waals surface area contributed by atoms with E-state index in [-0.39, 0.29) is 4.90 Å². The molecule has 0 bridgehead atoms. The van der Waals surface area contributed by atoms with Gasteiger partial charge in [-0.1, -0.05) is 18.9 Å². The second kappa shape index (κ2) is 5.61. The molecule has 0 saturated carbocycles. The molecule has 0 aliphatic rings. The molecule has 2 aromatic rings. The number of rotatable bonds is 4. The molecule has 0 fully saturated rings. The number of benzene rings is 1. The fraction of sp³-hybridized carbons (Fsp3) is 0.267. The summed E-state index contributed by atoms with van der Waals surface area (Å²) in [5.74, 6) is 2.43. The number of fused-ring (bicyclic) bond motifs is 1. The summed E-state index contributed by atoms with van der Waals surface area (Å²) in [6.45, 7) is 3.73. The molecule has 1 aromatic carbocycles. The van der Waals surface area contributed by atoms with Crippen LogP contribution in [0.15, 0.2) is 35.4 Å². The molecule has 0 spiro atoms. The molecule has 1 aromatic heterocycles. The van der Waals surface area contributed by atoms with E-state index < -0.39 is 16.1 Å². The zero-order valence-electron chi connectivity index (χ0n) is 11.4.